The van der Waals surface area contributed by atoms with E-state index in [-0.39, 0.29) is 17.4 Å². The molecule has 30 heavy (non-hydrogen) atoms. The molecule has 4 rings (SSSR count). The Balaban J connectivity index is 1.79. The van der Waals surface area contributed by atoms with Crippen molar-refractivity contribution in [3.8, 4) is 5.75 Å². The molecule has 1 aliphatic rings. The normalized spacial score (nSPS) is 16.6. The molecule has 1 N–H and O–H groups in total. The average molecular weight is 408 g/mol. The zero-order chi connectivity index (χ0) is 21.1. The molecular weight excluding hydrogens is 378 g/mol. The van der Waals surface area contributed by atoms with Gasteiger partial charge in [-0.3, -0.25) is 9.69 Å². The predicted molar refractivity (Wildman–Crippen MR) is 117 cm³/mol. The lowest BCUT2D eigenvalue weighted by Gasteiger charge is -2.39. The molecule has 0 aliphatic carbocycles. The fraction of sp³-hybridized carbons (Fsp3) is 0.375. The highest BCUT2D eigenvalue weighted by Crippen LogP contribution is 2.33. The first kappa shape index (κ1) is 20.4. The van der Waals surface area contributed by atoms with Gasteiger partial charge in [-0.25, -0.2) is 0 Å². The molecule has 6 heteroatoms. The molecule has 1 fully saturated rings. The molecule has 158 valence electrons. The summed E-state index contributed by atoms with van der Waals surface area (Å²) in [7, 11) is 0. The summed E-state index contributed by atoms with van der Waals surface area (Å²) in [6.45, 7) is 8.97. The van der Waals surface area contributed by atoms with Gasteiger partial charge in [0, 0.05) is 31.9 Å². The first-order valence-electron chi connectivity index (χ1n) is 10.6. The van der Waals surface area contributed by atoms with Crippen LogP contribution in [0.15, 0.2) is 64.0 Å². The fourth-order valence-corrected chi connectivity index (χ4v) is 4.31. The second-order valence-corrected chi connectivity index (χ2v) is 7.84. The van der Waals surface area contributed by atoms with Crippen LogP contribution >= 0.6 is 0 Å². The smallest absolute Gasteiger partial charge is 0.260 e. The van der Waals surface area contributed by atoms with Crippen molar-refractivity contribution in [3.05, 3.63) is 87.7 Å². The number of benzene rings is 1. The molecule has 0 radical (unpaired) electrons. The van der Waals surface area contributed by atoms with Gasteiger partial charge in [-0.2, -0.15) is 0 Å². The minimum Gasteiger partial charge on any atom is -0.507 e. The third kappa shape index (κ3) is 4.06. The summed E-state index contributed by atoms with van der Waals surface area (Å²) >= 11 is 0. The predicted octanol–water partition coefficient (Wildman–Crippen LogP) is 3.23. The molecule has 6 nitrogen and oxygen atoms in total. The molecular formula is C24H29N3O3. The molecule has 0 bridgehead atoms. The number of aromatic nitrogens is 1. The minimum atomic E-state index is -0.291. The van der Waals surface area contributed by atoms with E-state index < -0.39 is 0 Å². The number of furan rings is 1. The Hall–Kier alpha value is -2.83. The number of hydrogen-bond acceptors (Lipinski definition) is 5. The van der Waals surface area contributed by atoms with E-state index in [0.29, 0.717) is 23.6 Å². The number of likely N-dealkylation sites (N-methyl/N-ethyl adjacent to an activating group) is 1. The van der Waals surface area contributed by atoms with Gasteiger partial charge in [0.1, 0.15) is 11.5 Å². The first-order chi connectivity index (χ1) is 14.6. The van der Waals surface area contributed by atoms with Crippen molar-refractivity contribution in [3.63, 3.8) is 0 Å². The Morgan fingerprint density at radius 3 is 2.43 bits per heavy atom. The van der Waals surface area contributed by atoms with Crippen LogP contribution in [-0.2, 0) is 6.54 Å². The highest BCUT2D eigenvalue weighted by molar-refractivity contribution is 5.41. The van der Waals surface area contributed by atoms with Gasteiger partial charge in [0.25, 0.3) is 5.56 Å². The van der Waals surface area contributed by atoms with Gasteiger partial charge in [-0.15, -0.1) is 0 Å². The summed E-state index contributed by atoms with van der Waals surface area (Å²) in [5, 5.41) is 10.9. The van der Waals surface area contributed by atoms with Crippen LogP contribution in [0, 0.1) is 6.92 Å². The molecule has 0 amide bonds. The van der Waals surface area contributed by atoms with Crippen LogP contribution in [0.5, 0.6) is 5.75 Å². The number of pyridine rings is 1. The second-order valence-electron chi connectivity index (χ2n) is 7.84. The third-order valence-electron chi connectivity index (χ3n) is 6.02. The largest absolute Gasteiger partial charge is 0.507 e. The molecule has 2 aromatic heterocycles. The van der Waals surface area contributed by atoms with Crippen LogP contribution in [0.25, 0.3) is 0 Å². The van der Waals surface area contributed by atoms with Crippen molar-refractivity contribution in [2.75, 3.05) is 32.7 Å². The Bertz CT molecular complexity index is 1020. The summed E-state index contributed by atoms with van der Waals surface area (Å²) in [5.41, 5.74) is 1.99. The Morgan fingerprint density at radius 1 is 1.07 bits per heavy atom. The quantitative estimate of drug-likeness (QED) is 0.680. The van der Waals surface area contributed by atoms with Crippen LogP contribution in [0.3, 0.4) is 0 Å². The summed E-state index contributed by atoms with van der Waals surface area (Å²) in [5.74, 6) is 0.768. The van der Waals surface area contributed by atoms with Crippen molar-refractivity contribution < 1.29 is 9.52 Å². The lowest BCUT2D eigenvalue weighted by Crippen LogP contribution is -2.48. The van der Waals surface area contributed by atoms with Crippen molar-refractivity contribution >= 4 is 0 Å². The summed E-state index contributed by atoms with van der Waals surface area (Å²) in [4.78, 5) is 18.4. The molecule has 1 aliphatic heterocycles. The Labute approximate surface area is 177 Å². The topological polar surface area (TPSA) is 61.9 Å². The van der Waals surface area contributed by atoms with Crippen LogP contribution in [0.1, 0.15) is 35.5 Å². The molecule has 1 atom stereocenters. The number of hydrogen-bond donors (Lipinski definition) is 1. The van der Waals surface area contributed by atoms with Crippen molar-refractivity contribution in [2.24, 2.45) is 0 Å². The van der Waals surface area contributed by atoms with E-state index >= 15 is 0 Å². The first-order valence-corrected chi connectivity index (χ1v) is 10.6. The highest BCUT2D eigenvalue weighted by atomic mass is 16.3. The van der Waals surface area contributed by atoms with E-state index in [1.807, 2.05) is 49.4 Å². The van der Waals surface area contributed by atoms with Crippen LogP contribution in [-0.4, -0.2) is 52.2 Å². The highest BCUT2D eigenvalue weighted by Gasteiger charge is 2.31. The number of aryl methyl sites for hydroxylation is 1. The Kier molecular flexibility index (Phi) is 6.06. The van der Waals surface area contributed by atoms with Crippen molar-refractivity contribution in [1.29, 1.82) is 0 Å². The van der Waals surface area contributed by atoms with E-state index in [0.717, 1.165) is 38.3 Å². The molecule has 0 saturated carbocycles. The molecule has 1 saturated heterocycles. The maximum Gasteiger partial charge on any atom is 0.260 e. The molecule has 3 aromatic rings. The maximum absolute atomic E-state index is 13.6. The van der Waals surface area contributed by atoms with E-state index in [1.54, 1.807) is 16.9 Å². The minimum absolute atomic E-state index is 0.0555. The lowest BCUT2D eigenvalue weighted by molar-refractivity contribution is 0.111. The molecule has 3 heterocycles. The third-order valence-corrected chi connectivity index (χ3v) is 6.02. The standard InChI is InChI=1S/C24H29N3O3/c1-3-25-11-13-26(14-12-25)23(19-8-5-4-6-9-19)22-21(28)16-18(2)27(24(22)29)17-20-10-7-15-30-20/h4-10,15-16,23,28H,3,11-14,17H2,1-2H3/t23-/m1/s1. The van der Waals surface area contributed by atoms with Gasteiger partial charge in [0.05, 0.1) is 24.4 Å². The summed E-state index contributed by atoms with van der Waals surface area (Å²) in [6.07, 6.45) is 1.61. The van der Waals surface area contributed by atoms with Crippen LogP contribution in [0.4, 0.5) is 0 Å². The number of aromatic hydroxyl groups is 1. The van der Waals surface area contributed by atoms with Gasteiger partial charge < -0.3 is 19.0 Å². The van der Waals surface area contributed by atoms with Crippen LogP contribution < -0.4 is 5.56 Å². The van der Waals surface area contributed by atoms with Gasteiger partial charge >= 0.3 is 0 Å². The van der Waals surface area contributed by atoms with Crippen molar-refractivity contribution in [1.82, 2.24) is 14.4 Å². The summed E-state index contributed by atoms with van der Waals surface area (Å²) < 4.78 is 7.15. The van der Waals surface area contributed by atoms with E-state index in [2.05, 4.69) is 16.7 Å². The van der Waals surface area contributed by atoms with E-state index in [4.69, 9.17) is 4.42 Å². The van der Waals surface area contributed by atoms with Gasteiger partial charge in [-0.1, -0.05) is 37.3 Å². The molecule has 1 aromatic carbocycles. The van der Waals surface area contributed by atoms with E-state index in [1.165, 1.54) is 0 Å². The fourth-order valence-electron chi connectivity index (χ4n) is 4.31. The van der Waals surface area contributed by atoms with Crippen molar-refractivity contribution in [2.45, 2.75) is 26.4 Å². The zero-order valence-corrected chi connectivity index (χ0v) is 17.6. The summed E-state index contributed by atoms with van der Waals surface area (Å²) in [6, 6.07) is 15.1. The number of rotatable bonds is 6. The average Bonchev–Trinajstić information content (AvgIpc) is 3.28. The zero-order valence-electron chi connectivity index (χ0n) is 17.6. The maximum atomic E-state index is 13.6. The second kappa shape index (κ2) is 8.90. The van der Waals surface area contributed by atoms with Gasteiger partial charge in [0.15, 0.2) is 0 Å². The lowest BCUT2D eigenvalue weighted by atomic mass is 9.96. The monoisotopic (exact) mass is 407 g/mol. The van der Waals surface area contributed by atoms with E-state index in [9.17, 15) is 9.90 Å². The number of nitrogens with zero attached hydrogens (tertiary/aromatic N) is 3. The van der Waals surface area contributed by atoms with Crippen LogP contribution in [0.2, 0.25) is 0 Å². The molecule has 0 unspecified atom stereocenters. The SMILES string of the molecule is CCN1CCN([C@H](c2ccccc2)c2c(O)cc(C)n(Cc3ccco3)c2=O)CC1. The van der Waals surface area contributed by atoms with Gasteiger partial charge in [0.2, 0.25) is 0 Å². The Morgan fingerprint density at radius 2 is 1.80 bits per heavy atom. The molecule has 0 spiro atoms. The number of piperazine rings is 1. The van der Waals surface area contributed by atoms with Gasteiger partial charge in [-0.05, 0) is 37.2 Å².